The van der Waals surface area contributed by atoms with Gasteiger partial charge in [0.15, 0.2) is 5.78 Å². The molecule has 1 aliphatic carbocycles. The van der Waals surface area contributed by atoms with Crippen molar-refractivity contribution in [3.05, 3.63) is 47.2 Å². The second-order valence-electron chi connectivity index (χ2n) is 5.42. The summed E-state index contributed by atoms with van der Waals surface area (Å²) in [6.45, 7) is 0.404. The summed E-state index contributed by atoms with van der Waals surface area (Å²) in [4.78, 5) is 28.0. The number of rotatable bonds is 6. The van der Waals surface area contributed by atoms with Crippen LogP contribution in [0.3, 0.4) is 0 Å². The van der Waals surface area contributed by atoms with Gasteiger partial charge < -0.3 is 9.84 Å². The molecule has 5 heteroatoms. The van der Waals surface area contributed by atoms with Crippen molar-refractivity contribution in [2.24, 2.45) is 4.99 Å². The first-order chi connectivity index (χ1) is 11.1. The molecule has 0 fully saturated rings. The largest absolute Gasteiger partial charge is 0.511 e. The summed E-state index contributed by atoms with van der Waals surface area (Å²) in [5, 5.41) is 10.1. The average molecular weight is 315 g/mol. The molecule has 23 heavy (non-hydrogen) atoms. The third kappa shape index (κ3) is 4.77. The van der Waals surface area contributed by atoms with E-state index in [1.165, 1.54) is 7.11 Å². The first kappa shape index (κ1) is 16.9. The summed E-state index contributed by atoms with van der Waals surface area (Å²) in [6.07, 6.45) is 1.95. The summed E-state index contributed by atoms with van der Waals surface area (Å²) in [6, 6.07) is 9.64. The predicted octanol–water partition coefficient (Wildman–Crippen LogP) is 3.15. The molecule has 0 amide bonds. The molecule has 0 spiro atoms. The molecule has 0 heterocycles. The van der Waals surface area contributed by atoms with Crippen LogP contribution in [0.2, 0.25) is 0 Å². The molecule has 0 unspecified atom stereocenters. The van der Waals surface area contributed by atoms with Gasteiger partial charge in [-0.25, -0.2) is 0 Å². The Kier molecular flexibility index (Phi) is 6.09. The third-order valence-corrected chi connectivity index (χ3v) is 3.76. The van der Waals surface area contributed by atoms with Crippen molar-refractivity contribution in [2.75, 3.05) is 7.11 Å². The normalized spacial score (nSPS) is 15.7. The maximum absolute atomic E-state index is 12.2. The maximum Gasteiger partial charge on any atom is 0.305 e. The fourth-order valence-corrected chi connectivity index (χ4v) is 2.53. The highest BCUT2D eigenvalue weighted by molar-refractivity contribution is 6.23. The molecule has 122 valence electrons. The predicted molar refractivity (Wildman–Crippen MR) is 87.3 cm³/mol. The summed E-state index contributed by atoms with van der Waals surface area (Å²) < 4.78 is 4.65. The molecule has 0 bridgehead atoms. The summed E-state index contributed by atoms with van der Waals surface area (Å²) >= 11 is 0. The lowest BCUT2D eigenvalue weighted by atomic mass is 9.91. The Balaban J connectivity index is 2.24. The first-order valence-corrected chi connectivity index (χ1v) is 7.71. The fraction of sp³-hybridized carbons (Fsp3) is 0.389. The Hall–Kier alpha value is -2.43. The van der Waals surface area contributed by atoms with E-state index in [9.17, 15) is 14.7 Å². The molecule has 1 aliphatic rings. The minimum absolute atomic E-state index is 0.0814. The van der Waals surface area contributed by atoms with Gasteiger partial charge in [0.25, 0.3) is 0 Å². The third-order valence-electron chi connectivity index (χ3n) is 3.76. The van der Waals surface area contributed by atoms with Crippen LogP contribution in [-0.2, 0) is 20.9 Å². The second-order valence-corrected chi connectivity index (χ2v) is 5.42. The van der Waals surface area contributed by atoms with E-state index in [0.717, 1.165) is 5.56 Å². The van der Waals surface area contributed by atoms with Crippen LogP contribution in [0.1, 0.15) is 37.7 Å². The van der Waals surface area contributed by atoms with Gasteiger partial charge in [0.05, 0.1) is 25.6 Å². The number of nitrogens with zero attached hydrogens (tertiary/aromatic N) is 1. The van der Waals surface area contributed by atoms with Gasteiger partial charge in [-0.3, -0.25) is 14.6 Å². The molecule has 1 aromatic carbocycles. The number of carbonyl (C=O) groups is 2. The number of ether oxygens (including phenoxy) is 1. The lowest BCUT2D eigenvalue weighted by Gasteiger charge is -2.17. The molecule has 5 nitrogen and oxygen atoms in total. The number of carbonyl (C=O) groups excluding carboxylic acids is 2. The minimum Gasteiger partial charge on any atom is -0.511 e. The van der Waals surface area contributed by atoms with E-state index in [1.54, 1.807) is 0 Å². The van der Waals surface area contributed by atoms with E-state index in [-0.39, 0.29) is 35.9 Å². The smallest absolute Gasteiger partial charge is 0.305 e. The van der Waals surface area contributed by atoms with Crippen molar-refractivity contribution >= 4 is 17.5 Å². The van der Waals surface area contributed by atoms with Crippen molar-refractivity contribution in [1.82, 2.24) is 0 Å². The van der Waals surface area contributed by atoms with Crippen LogP contribution in [0.5, 0.6) is 0 Å². The Labute approximate surface area is 135 Å². The van der Waals surface area contributed by atoms with E-state index in [2.05, 4.69) is 9.73 Å². The molecule has 0 atom stereocenters. The van der Waals surface area contributed by atoms with Gasteiger partial charge in [0.1, 0.15) is 5.76 Å². The Morgan fingerprint density at radius 3 is 2.61 bits per heavy atom. The number of aliphatic hydroxyl groups is 1. The van der Waals surface area contributed by atoms with Crippen molar-refractivity contribution < 1.29 is 19.4 Å². The summed E-state index contributed by atoms with van der Waals surface area (Å²) in [7, 11) is 1.33. The number of benzene rings is 1. The highest BCUT2D eigenvalue weighted by Crippen LogP contribution is 2.23. The van der Waals surface area contributed by atoms with Gasteiger partial charge in [0, 0.05) is 25.0 Å². The van der Waals surface area contributed by atoms with Crippen LogP contribution in [0.15, 0.2) is 46.7 Å². The number of aliphatic imine (C=N–C) groups is 1. The van der Waals surface area contributed by atoms with Gasteiger partial charge in [-0.05, 0) is 12.0 Å². The van der Waals surface area contributed by atoms with Gasteiger partial charge in [-0.15, -0.1) is 0 Å². The Bertz CT molecular complexity index is 632. The molecular formula is C18H21NO4. The monoisotopic (exact) mass is 315 g/mol. The van der Waals surface area contributed by atoms with Gasteiger partial charge in [-0.1, -0.05) is 30.3 Å². The van der Waals surface area contributed by atoms with Crippen molar-refractivity contribution in [2.45, 2.75) is 38.6 Å². The number of allylic oxidation sites excluding steroid dienone is 2. The van der Waals surface area contributed by atoms with Crippen LogP contribution in [-0.4, -0.2) is 29.7 Å². The molecule has 0 saturated heterocycles. The van der Waals surface area contributed by atoms with E-state index in [4.69, 9.17) is 0 Å². The first-order valence-electron chi connectivity index (χ1n) is 7.71. The van der Waals surface area contributed by atoms with E-state index in [1.807, 2.05) is 30.3 Å². The maximum atomic E-state index is 12.2. The zero-order valence-electron chi connectivity index (χ0n) is 13.2. The molecule has 2 rings (SSSR count). The zero-order valence-corrected chi connectivity index (χ0v) is 13.2. The second kappa shape index (κ2) is 8.27. The number of hydrogen-bond donors (Lipinski definition) is 1. The topological polar surface area (TPSA) is 76.0 Å². The molecule has 1 aromatic rings. The average Bonchev–Trinajstić information content (AvgIpc) is 2.57. The fourth-order valence-electron chi connectivity index (χ4n) is 2.53. The van der Waals surface area contributed by atoms with E-state index >= 15 is 0 Å². The van der Waals surface area contributed by atoms with Gasteiger partial charge in [-0.2, -0.15) is 0 Å². The van der Waals surface area contributed by atoms with Crippen LogP contribution >= 0.6 is 0 Å². The zero-order chi connectivity index (χ0) is 16.7. The number of methoxy groups -OCH3 is 1. The SMILES string of the molecule is COC(=O)CCC(=NCc1ccccc1)C1=C(O)CCCC1=O. The van der Waals surface area contributed by atoms with Crippen LogP contribution in [0.4, 0.5) is 0 Å². The lowest BCUT2D eigenvalue weighted by Crippen LogP contribution is -2.20. The number of ketones is 1. The Morgan fingerprint density at radius 2 is 1.96 bits per heavy atom. The quantitative estimate of drug-likeness (QED) is 0.646. The van der Waals surface area contributed by atoms with Crippen LogP contribution in [0.25, 0.3) is 0 Å². The summed E-state index contributed by atoms with van der Waals surface area (Å²) in [5.74, 6) is -0.385. The number of Topliss-reactive ketones (excluding diaryl/α,β-unsaturated/α-hetero) is 1. The van der Waals surface area contributed by atoms with Crippen LogP contribution in [0, 0.1) is 0 Å². The van der Waals surface area contributed by atoms with E-state index in [0.29, 0.717) is 31.5 Å². The Morgan fingerprint density at radius 1 is 1.22 bits per heavy atom. The molecule has 0 saturated carbocycles. The molecular weight excluding hydrogens is 294 g/mol. The standard InChI is InChI=1S/C18H21NO4/c1-23-17(22)11-10-14(18-15(20)8-5-9-16(18)21)19-12-13-6-3-2-4-7-13/h2-4,6-7,20H,5,8-12H2,1H3. The minimum atomic E-state index is -0.360. The van der Waals surface area contributed by atoms with Crippen molar-refractivity contribution in [3.8, 4) is 0 Å². The highest BCUT2D eigenvalue weighted by atomic mass is 16.5. The van der Waals surface area contributed by atoms with Crippen LogP contribution < -0.4 is 0 Å². The van der Waals surface area contributed by atoms with Gasteiger partial charge in [0.2, 0.25) is 0 Å². The van der Waals surface area contributed by atoms with E-state index < -0.39 is 0 Å². The number of esters is 1. The number of hydrogen-bond acceptors (Lipinski definition) is 5. The molecule has 0 aliphatic heterocycles. The number of aliphatic hydroxyl groups excluding tert-OH is 1. The summed E-state index contributed by atoms with van der Waals surface area (Å²) in [5.41, 5.74) is 1.78. The highest BCUT2D eigenvalue weighted by Gasteiger charge is 2.25. The molecule has 0 aromatic heterocycles. The molecule has 1 N–H and O–H groups in total. The van der Waals surface area contributed by atoms with Crippen molar-refractivity contribution in [3.63, 3.8) is 0 Å². The van der Waals surface area contributed by atoms with Gasteiger partial charge >= 0.3 is 5.97 Å². The lowest BCUT2D eigenvalue weighted by molar-refractivity contribution is -0.140. The van der Waals surface area contributed by atoms with Crippen molar-refractivity contribution in [1.29, 1.82) is 0 Å². The molecule has 0 radical (unpaired) electrons.